The SMILES string of the molecule is C[C@@H](NC(=O)CCN=C1NS(=O)(=O)c2ccccc21)c1ccc(Cl)cc1Cl. The van der Waals surface area contributed by atoms with E-state index in [-0.39, 0.29) is 35.6 Å². The number of fused-ring (bicyclic) bond motifs is 1. The Morgan fingerprint density at radius 1 is 1.22 bits per heavy atom. The lowest BCUT2D eigenvalue weighted by Crippen LogP contribution is -2.27. The Labute approximate surface area is 167 Å². The average Bonchev–Trinajstić information content (AvgIpc) is 2.86. The van der Waals surface area contributed by atoms with Gasteiger partial charge >= 0.3 is 0 Å². The molecular weight excluding hydrogens is 409 g/mol. The van der Waals surface area contributed by atoms with Crippen LogP contribution in [0.5, 0.6) is 0 Å². The highest BCUT2D eigenvalue weighted by Gasteiger charge is 2.29. The minimum absolute atomic E-state index is 0.114. The summed E-state index contributed by atoms with van der Waals surface area (Å²) in [6.07, 6.45) is 0.114. The van der Waals surface area contributed by atoms with E-state index >= 15 is 0 Å². The van der Waals surface area contributed by atoms with Gasteiger partial charge in [0, 0.05) is 22.0 Å². The maximum Gasteiger partial charge on any atom is 0.263 e. The van der Waals surface area contributed by atoms with Crippen molar-refractivity contribution in [1.82, 2.24) is 10.0 Å². The molecule has 9 heteroatoms. The van der Waals surface area contributed by atoms with E-state index in [4.69, 9.17) is 23.2 Å². The number of amides is 1. The molecule has 2 aromatic carbocycles. The molecule has 0 bridgehead atoms. The summed E-state index contributed by atoms with van der Waals surface area (Å²) in [6.45, 7) is 1.97. The summed E-state index contributed by atoms with van der Waals surface area (Å²) >= 11 is 12.0. The molecule has 0 saturated carbocycles. The molecule has 1 atom stereocenters. The van der Waals surface area contributed by atoms with Crippen molar-refractivity contribution in [3.8, 4) is 0 Å². The second-order valence-corrected chi connectivity index (χ2v) is 8.53. The molecule has 0 aliphatic carbocycles. The van der Waals surface area contributed by atoms with Gasteiger partial charge in [0.05, 0.1) is 17.5 Å². The molecule has 0 radical (unpaired) electrons. The van der Waals surface area contributed by atoms with Gasteiger partial charge in [-0.15, -0.1) is 0 Å². The number of nitrogens with zero attached hydrogens (tertiary/aromatic N) is 1. The quantitative estimate of drug-likeness (QED) is 0.769. The number of carbonyl (C=O) groups is 1. The zero-order chi connectivity index (χ0) is 19.6. The first-order valence-corrected chi connectivity index (χ1v) is 10.4. The highest BCUT2D eigenvalue weighted by molar-refractivity contribution is 7.90. The van der Waals surface area contributed by atoms with Gasteiger partial charge in [-0.1, -0.05) is 41.4 Å². The van der Waals surface area contributed by atoms with Gasteiger partial charge < -0.3 is 5.32 Å². The van der Waals surface area contributed by atoms with Crippen molar-refractivity contribution in [1.29, 1.82) is 0 Å². The highest BCUT2D eigenvalue weighted by atomic mass is 35.5. The van der Waals surface area contributed by atoms with Crippen LogP contribution in [-0.2, 0) is 14.8 Å². The van der Waals surface area contributed by atoms with E-state index in [1.165, 1.54) is 6.07 Å². The minimum atomic E-state index is -3.58. The summed E-state index contributed by atoms with van der Waals surface area (Å²) in [5.74, 6) is 0.0409. The van der Waals surface area contributed by atoms with Gasteiger partial charge in [-0.05, 0) is 36.8 Å². The third-order valence-electron chi connectivity index (χ3n) is 4.08. The van der Waals surface area contributed by atoms with Gasteiger partial charge in [-0.3, -0.25) is 14.5 Å². The molecule has 2 N–H and O–H groups in total. The lowest BCUT2D eigenvalue weighted by molar-refractivity contribution is -0.121. The second-order valence-electron chi connectivity index (χ2n) is 6.04. The lowest BCUT2D eigenvalue weighted by atomic mass is 10.1. The average molecular weight is 426 g/mol. The first-order valence-electron chi connectivity index (χ1n) is 8.19. The molecule has 142 valence electrons. The maximum absolute atomic E-state index is 12.2. The number of halogens is 2. The fourth-order valence-electron chi connectivity index (χ4n) is 2.76. The van der Waals surface area contributed by atoms with Gasteiger partial charge in [-0.2, -0.15) is 0 Å². The van der Waals surface area contributed by atoms with Crippen molar-refractivity contribution < 1.29 is 13.2 Å². The fourth-order valence-corrected chi connectivity index (χ4v) is 4.59. The predicted octanol–water partition coefficient (Wildman–Crippen LogP) is 3.30. The Kier molecular flexibility index (Phi) is 5.74. The van der Waals surface area contributed by atoms with Gasteiger partial charge in [-0.25, -0.2) is 8.42 Å². The summed E-state index contributed by atoms with van der Waals surface area (Å²) < 4.78 is 26.5. The zero-order valence-corrected chi connectivity index (χ0v) is 16.7. The molecule has 0 unspecified atom stereocenters. The lowest BCUT2D eigenvalue weighted by Gasteiger charge is -2.15. The van der Waals surface area contributed by atoms with E-state index in [2.05, 4.69) is 15.0 Å². The van der Waals surface area contributed by atoms with E-state index in [1.807, 2.05) is 6.92 Å². The molecule has 1 aliphatic heterocycles. The van der Waals surface area contributed by atoms with Crippen LogP contribution < -0.4 is 10.0 Å². The molecule has 1 heterocycles. The van der Waals surface area contributed by atoms with E-state index in [0.717, 1.165) is 5.56 Å². The number of benzene rings is 2. The first kappa shape index (κ1) is 19.7. The number of carbonyl (C=O) groups excluding carboxylic acids is 1. The van der Waals surface area contributed by atoms with Crippen molar-refractivity contribution in [3.05, 3.63) is 63.6 Å². The van der Waals surface area contributed by atoms with Crippen molar-refractivity contribution in [2.45, 2.75) is 24.3 Å². The Hall–Kier alpha value is -2.09. The molecule has 27 heavy (non-hydrogen) atoms. The van der Waals surface area contributed by atoms with Crippen LogP contribution in [0, 0.1) is 0 Å². The molecular formula is C18H17Cl2N3O3S. The minimum Gasteiger partial charge on any atom is -0.349 e. The molecule has 6 nitrogen and oxygen atoms in total. The van der Waals surface area contributed by atoms with Crippen LogP contribution in [0.3, 0.4) is 0 Å². The van der Waals surface area contributed by atoms with Crippen LogP contribution in [0.25, 0.3) is 0 Å². The third-order valence-corrected chi connectivity index (χ3v) is 6.04. The molecule has 0 saturated heterocycles. The zero-order valence-electron chi connectivity index (χ0n) is 14.4. The number of nitrogens with one attached hydrogen (secondary N) is 2. The van der Waals surface area contributed by atoms with Crippen LogP contribution in [-0.4, -0.2) is 26.7 Å². The second kappa shape index (κ2) is 7.88. The van der Waals surface area contributed by atoms with Crippen LogP contribution in [0.15, 0.2) is 52.4 Å². The predicted molar refractivity (Wildman–Crippen MR) is 106 cm³/mol. The number of hydrogen-bond acceptors (Lipinski definition) is 4. The molecule has 0 aromatic heterocycles. The van der Waals surface area contributed by atoms with Crippen LogP contribution in [0.1, 0.15) is 30.5 Å². The van der Waals surface area contributed by atoms with E-state index < -0.39 is 10.0 Å². The van der Waals surface area contributed by atoms with Crippen molar-refractivity contribution >= 4 is 45.0 Å². The number of rotatable bonds is 5. The topological polar surface area (TPSA) is 87.6 Å². The molecule has 2 aromatic rings. The highest BCUT2D eigenvalue weighted by Crippen LogP contribution is 2.26. The Bertz CT molecular complexity index is 1020. The summed E-state index contributed by atoms with van der Waals surface area (Å²) in [5.41, 5.74) is 1.28. The Morgan fingerprint density at radius 3 is 2.70 bits per heavy atom. The standard InChI is InChI=1S/C18H17Cl2N3O3S/c1-11(13-7-6-12(19)10-15(13)20)22-17(24)8-9-21-18-14-4-2-3-5-16(14)27(25,26)23-18/h2-7,10-11H,8-9H2,1H3,(H,21,23)(H,22,24)/t11-/m1/s1. The fraction of sp³-hybridized carbons (Fsp3) is 0.222. The normalized spacial score (nSPS) is 17.2. The Balaban J connectivity index is 1.61. The van der Waals surface area contributed by atoms with Crippen molar-refractivity contribution in [2.24, 2.45) is 4.99 Å². The largest absolute Gasteiger partial charge is 0.349 e. The summed E-state index contributed by atoms with van der Waals surface area (Å²) in [4.78, 5) is 16.6. The molecule has 0 spiro atoms. The summed E-state index contributed by atoms with van der Waals surface area (Å²) in [7, 11) is -3.58. The summed E-state index contributed by atoms with van der Waals surface area (Å²) in [6, 6.07) is 11.4. The monoisotopic (exact) mass is 425 g/mol. The Morgan fingerprint density at radius 2 is 1.96 bits per heavy atom. The number of sulfonamides is 1. The van der Waals surface area contributed by atoms with Gasteiger partial charge in [0.15, 0.2) is 0 Å². The number of hydrogen-bond donors (Lipinski definition) is 2. The first-order chi connectivity index (χ1) is 12.8. The van der Waals surface area contributed by atoms with Crippen molar-refractivity contribution in [3.63, 3.8) is 0 Å². The summed E-state index contributed by atoms with van der Waals surface area (Å²) in [5, 5.41) is 3.85. The van der Waals surface area contributed by atoms with E-state index in [1.54, 1.807) is 36.4 Å². The van der Waals surface area contributed by atoms with E-state index in [9.17, 15) is 13.2 Å². The van der Waals surface area contributed by atoms with Crippen LogP contribution >= 0.6 is 23.2 Å². The third kappa shape index (κ3) is 4.43. The molecule has 1 amide bonds. The number of amidine groups is 1. The van der Waals surface area contributed by atoms with E-state index in [0.29, 0.717) is 15.6 Å². The maximum atomic E-state index is 12.2. The van der Waals surface area contributed by atoms with Crippen molar-refractivity contribution in [2.75, 3.05) is 6.54 Å². The van der Waals surface area contributed by atoms with Crippen LogP contribution in [0.2, 0.25) is 10.0 Å². The smallest absolute Gasteiger partial charge is 0.263 e. The van der Waals surface area contributed by atoms with Gasteiger partial charge in [0.25, 0.3) is 10.0 Å². The van der Waals surface area contributed by atoms with Gasteiger partial charge in [0.1, 0.15) is 5.84 Å². The molecule has 1 aliphatic rings. The number of aliphatic imine (C=N–C) groups is 1. The van der Waals surface area contributed by atoms with Crippen LogP contribution in [0.4, 0.5) is 0 Å². The van der Waals surface area contributed by atoms with Gasteiger partial charge in [0.2, 0.25) is 5.91 Å². The molecule has 3 rings (SSSR count). The molecule has 0 fully saturated rings.